The van der Waals surface area contributed by atoms with Gasteiger partial charge in [-0.2, -0.15) is 0 Å². The number of aromatic nitrogens is 2. The molecule has 0 amide bonds. The van der Waals surface area contributed by atoms with Gasteiger partial charge in [0.05, 0.1) is 5.69 Å². The number of benzene rings is 1. The van der Waals surface area contributed by atoms with Crippen LogP contribution in [0.2, 0.25) is 0 Å². The van der Waals surface area contributed by atoms with E-state index >= 15 is 0 Å². The molecule has 100 valence electrons. The molecule has 0 bridgehead atoms. The summed E-state index contributed by atoms with van der Waals surface area (Å²) in [5, 5.41) is 3.26. The highest BCUT2D eigenvalue weighted by Gasteiger charge is 2.26. The highest BCUT2D eigenvalue weighted by molar-refractivity contribution is 7.10. The molecular formula is C17H16N2S. The van der Waals surface area contributed by atoms with Gasteiger partial charge in [-0.3, -0.25) is 4.98 Å². The van der Waals surface area contributed by atoms with Gasteiger partial charge in [0.1, 0.15) is 5.01 Å². The van der Waals surface area contributed by atoms with E-state index in [0.717, 1.165) is 16.3 Å². The summed E-state index contributed by atoms with van der Waals surface area (Å²) in [5.41, 5.74) is 3.36. The zero-order valence-electron chi connectivity index (χ0n) is 11.6. The fourth-order valence-electron chi connectivity index (χ4n) is 2.19. The number of hydrogen-bond donors (Lipinski definition) is 0. The molecule has 0 N–H and O–H groups in total. The summed E-state index contributed by atoms with van der Waals surface area (Å²) in [4.78, 5) is 8.87. The van der Waals surface area contributed by atoms with Crippen molar-refractivity contribution in [2.75, 3.05) is 0 Å². The van der Waals surface area contributed by atoms with Crippen molar-refractivity contribution < 1.29 is 0 Å². The van der Waals surface area contributed by atoms with Gasteiger partial charge in [0.15, 0.2) is 0 Å². The lowest BCUT2D eigenvalue weighted by Gasteiger charge is -2.22. The second kappa shape index (κ2) is 5.17. The standard InChI is InChI=1S/C17H16N2S/c1-17(2,14-6-4-3-5-7-14)16-19-15(12-20-16)13-8-10-18-11-9-13/h3-12H,1-2H3. The predicted molar refractivity (Wildman–Crippen MR) is 83.9 cm³/mol. The van der Waals surface area contributed by atoms with Crippen molar-refractivity contribution in [2.24, 2.45) is 0 Å². The number of thiazole rings is 1. The summed E-state index contributed by atoms with van der Waals surface area (Å²) >= 11 is 1.71. The summed E-state index contributed by atoms with van der Waals surface area (Å²) in [7, 11) is 0. The average Bonchev–Trinajstić information content (AvgIpc) is 3.00. The smallest absolute Gasteiger partial charge is 0.103 e. The topological polar surface area (TPSA) is 25.8 Å². The second-order valence-corrected chi connectivity index (χ2v) is 6.12. The van der Waals surface area contributed by atoms with Crippen molar-refractivity contribution in [1.29, 1.82) is 0 Å². The third-order valence-electron chi connectivity index (χ3n) is 3.51. The fraction of sp³-hybridized carbons (Fsp3) is 0.176. The van der Waals surface area contributed by atoms with Crippen LogP contribution in [0.1, 0.15) is 24.4 Å². The summed E-state index contributed by atoms with van der Waals surface area (Å²) in [6.45, 7) is 4.44. The summed E-state index contributed by atoms with van der Waals surface area (Å²) in [6, 6.07) is 14.5. The average molecular weight is 280 g/mol. The summed E-state index contributed by atoms with van der Waals surface area (Å²) in [5.74, 6) is 0. The van der Waals surface area contributed by atoms with Gasteiger partial charge in [0.2, 0.25) is 0 Å². The molecule has 1 aromatic carbocycles. The van der Waals surface area contributed by atoms with Crippen LogP contribution in [0.3, 0.4) is 0 Å². The number of pyridine rings is 1. The Morgan fingerprint density at radius 1 is 0.950 bits per heavy atom. The molecule has 2 nitrogen and oxygen atoms in total. The summed E-state index contributed by atoms with van der Waals surface area (Å²) < 4.78 is 0. The van der Waals surface area contributed by atoms with E-state index in [2.05, 4.69) is 48.5 Å². The Balaban J connectivity index is 1.98. The van der Waals surface area contributed by atoms with Crippen molar-refractivity contribution in [1.82, 2.24) is 9.97 Å². The maximum absolute atomic E-state index is 4.82. The van der Waals surface area contributed by atoms with E-state index in [-0.39, 0.29) is 5.41 Å². The molecule has 0 aliphatic rings. The molecule has 3 aromatic rings. The second-order valence-electron chi connectivity index (χ2n) is 5.26. The van der Waals surface area contributed by atoms with E-state index in [0.29, 0.717) is 0 Å². The third-order valence-corrected chi connectivity index (χ3v) is 4.68. The molecular weight excluding hydrogens is 264 g/mol. The van der Waals surface area contributed by atoms with Crippen LogP contribution < -0.4 is 0 Å². The minimum absolute atomic E-state index is 0.0722. The monoisotopic (exact) mass is 280 g/mol. The molecule has 0 aliphatic carbocycles. The molecule has 20 heavy (non-hydrogen) atoms. The molecule has 3 rings (SSSR count). The van der Waals surface area contributed by atoms with Crippen LogP contribution in [0.5, 0.6) is 0 Å². The van der Waals surface area contributed by atoms with Gasteiger partial charge in [-0.15, -0.1) is 11.3 Å². The minimum Gasteiger partial charge on any atom is -0.265 e. The first-order valence-electron chi connectivity index (χ1n) is 6.60. The highest BCUT2D eigenvalue weighted by atomic mass is 32.1. The van der Waals surface area contributed by atoms with Gasteiger partial charge in [-0.25, -0.2) is 4.98 Å². The lowest BCUT2D eigenvalue weighted by Crippen LogP contribution is -2.18. The van der Waals surface area contributed by atoms with E-state index in [1.54, 1.807) is 23.7 Å². The Morgan fingerprint density at radius 2 is 1.65 bits per heavy atom. The van der Waals surface area contributed by atoms with E-state index in [1.165, 1.54) is 5.56 Å². The van der Waals surface area contributed by atoms with Crippen LogP contribution in [0.15, 0.2) is 60.2 Å². The Hall–Kier alpha value is -2.00. The fourth-order valence-corrected chi connectivity index (χ4v) is 3.17. The predicted octanol–water partition coefficient (Wildman–Crippen LogP) is 4.53. The number of nitrogens with zero attached hydrogens (tertiary/aromatic N) is 2. The van der Waals surface area contributed by atoms with Crippen LogP contribution in [-0.4, -0.2) is 9.97 Å². The van der Waals surface area contributed by atoms with E-state index in [9.17, 15) is 0 Å². The first kappa shape index (κ1) is 13.0. The van der Waals surface area contributed by atoms with Crippen LogP contribution in [-0.2, 0) is 5.41 Å². The number of hydrogen-bond acceptors (Lipinski definition) is 3. The summed E-state index contributed by atoms with van der Waals surface area (Å²) in [6.07, 6.45) is 3.60. The minimum atomic E-state index is -0.0722. The molecule has 3 heteroatoms. The van der Waals surface area contributed by atoms with Gasteiger partial charge in [0.25, 0.3) is 0 Å². The lowest BCUT2D eigenvalue weighted by atomic mass is 9.85. The molecule has 0 saturated heterocycles. The molecule has 0 fully saturated rings. The highest BCUT2D eigenvalue weighted by Crippen LogP contribution is 2.35. The van der Waals surface area contributed by atoms with Crippen LogP contribution >= 0.6 is 11.3 Å². The van der Waals surface area contributed by atoms with E-state index < -0.39 is 0 Å². The third kappa shape index (κ3) is 2.37. The van der Waals surface area contributed by atoms with Crippen molar-refractivity contribution in [3.05, 3.63) is 70.8 Å². The van der Waals surface area contributed by atoms with Gasteiger partial charge < -0.3 is 0 Å². The SMILES string of the molecule is CC(C)(c1ccccc1)c1nc(-c2ccncc2)cs1. The first-order valence-corrected chi connectivity index (χ1v) is 7.48. The first-order chi connectivity index (χ1) is 9.68. The largest absolute Gasteiger partial charge is 0.265 e. The maximum atomic E-state index is 4.82. The van der Waals surface area contributed by atoms with Crippen LogP contribution in [0, 0.1) is 0 Å². The van der Waals surface area contributed by atoms with Crippen LogP contribution in [0.4, 0.5) is 0 Å². The molecule has 0 aliphatic heterocycles. The number of rotatable bonds is 3. The lowest BCUT2D eigenvalue weighted by molar-refractivity contribution is 0.635. The Labute approximate surface area is 123 Å². The Morgan fingerprint density at radius 3 is 2.35 bits per heavy atom. The molecule has 0 radical (unpaired) electrons. The Bertz CT molecular complexity index is 687. The quantitative estimate of drug-likeness (QED) is 0.704. The molecule has 2 aromatic heterocycles. The normalized spacial score (nSPS) is 11.5. The van der Waals surface area contributed by atoms with E-state index in [4.69, 9.17) is 4.98 Å². The van der Waals surface area contributed by atoms with E-state index in [1.807, 2.05) is 18.2 Å². The van der Waals surface area contributed by atoms with Crippen molar-refractivity contribution in [2.45, 2.75) is 19.3 Å². The maximum Gasteiger partial charge on any atom is 0.103 e. The van der Waals surface area contributed by atoms with Crippen molar-refractivity contribution >= 4 is 11.3 Å². The molecule has 2 heterocycles. The zero-order valence-corrected chi connectivity index (χ0v) is 12.4. The molecule has 0 atom stereocenters. The van der Waals surface area contributed by atoms with Gasteiger partial charge in [0, 0.05) is 28.8 Å². The van der Waals surface area contributed by atoms with Gasteiger partial charge in [-0.1, -0.05) is 30.3 Å². The zero-order chi connectivity index (χ0) is 14.0. The molecule has 0 spiro atoms. The molecule has 0 unspecified atom stereocenters. The van der Waals surface area contributed by atoms with Crippen LogP contribution in [0.25, 0.3) is 11.3 Å². The van der Waals surface area contributed by atoms with Crippen molar-refractivity contribution in [3.8, 4) is 11.3 Å². The molecule has 0 saturated carbocycles. The van der Waals surface area contributed by atoms with Gasteiger partial charge >= 0.3 is 0 Å². The Kier molecular flexibility index (Phi) is 3.36. The van der Waals surface area contributed by atoms with Gasteiger partial charge in [-0.05, 0) is 31.5 Å². The van der Waals surface area contributed by atoms with Crippen molar-refractivity contribution in [3.63, 3.8) is 0 Å².